The Labute approximate surface area is 202 Å². The third-order valence-electron chi connectivity index (χ3n) is 5.89. The maximum atomic E-state index is 12.1. The van der Waals surface area contributed by atoms with Gasteiger partial charge in [-0.15, -0.1) is 0 Å². The number of benzene rings is 1. The van der Waals surface area contributed by atoms with Crippen LogP contribution in [0.15, 0.2) is 42.6 Å². The van der Waals surface area contributed by atoms with Crippen molar-refractivity contribution in [1.82, 2.24) is 19.7 Å². The van der Waals surface area contributed by atoms with Crippen molar-refractivity contribution in [3.8, 4) is 27.5 Å². The van der Waals surface area contributed by atoms with E-state index in [0.717, 1.165) is 63.9 Å². The van der Waals surface area contributed by atoms with Crippen molar-refractivity contribution in [1.29, 1.82) is 0 Å². The van der Waals surface area contributed by atoms with Crippen LogP contribution in [0.1, 0.15) is 23.2 Å². The molecule has 0 bridgehead atoms. The lowest BCUT2D eigenvalue weighted by atomic mass is 10.0. The Bertz CT molecular complexity index is 1340. The summed E-state index contributed by atoms with van der Waals surface area (Å²) >= 11 is 1.49. The zero-order valence-electron chi connectivity index (χ0n) is 19.4. The van der Waals surface area contributed by atoms with Gasteiger partial charge < -0.3 is 10.1 Å². The van der Waals surface area contributed by atoms with Gasteiger partial charge in [-0.25, -0.2) is 14.6 Å². The van der Waals surface area contributed by atoms with Crippen LogP contribution in [-0.4, -0.2) is 46.4 Å². The number of rotatable bonds is 6. The van der Waals surface area contributed by atoms with Gasteiger partial charge in [0.15, 0.2) is 5.13 Å². The van der Waals surface area contributed by atoms with Crippen molar-refractivity contribution in [2.24, 2.45) is 0 Å². The van der Waals surface area contributed by atoms with Crippen molar-refractivity contribution >= 4 is 28.2 Å². The number of hydrogen-bond acceptors (Lipinski definition) is 7. The van der Waals surface area contributed by atoms with E-state index in [1.165, 1.54) is 24.0 Å². The van der Waals surface area contributed by atoms with Crippen LogP contribution in [0.3, 0.4) is 0 Å². The predicted octanol–water partition coefficient (Wildman–Crippen LogP) is 4.48. The number of carbonyl (C=O) groups excluding carboxylic acids is 1. The summed E-state index contributed by atoms with van der Waals surface area (Å²) in [6, 6.07) is 12.3. The molecule has 0 saturated heterocycles. The Kier molecular flexibility index (Phi) is 6.12. The number of amides is 1. The van der Waals surface area contributed by atoms with Crippen molar-refractivity contribution in [2.75, 3.05) is 31.4 Å². The number of nitrogens with zero attached hydrogens (tertiary/aromatic N) is 4. The molecular weight excluding hydrogens is 448 g/mol. The number of methoxy groups -OCH3 is 1. The highest BCUT2D eigenvalue weighted by atomic mass is 32.1. The van der Waals surface area contributed by atoms with Gasteiger partial charge in [0.2, 0.25) is 0 Å². The number of ether oxygens (including phenoxy) is 1. The van der Waals surface area contributed by atoms with Crippen LogP contribution >= 0.6 is 11.3 Å². The number of hydrogen-bond donors (Lipinski definition) is 2. The topological polar surface area (TPSA) is 94.0 Å². The fourth-order valence-corrected chi connectivity index (χ4v) is 5.37. The number of carbonyl (C=O) groups is 1. The van der Waals surface area contributed by atoms with Gasteiger partial charge >= 0.3 is 0 Å². The highest BCUT2D eigenvalue weighted by Gasteiger charge is 2.29. The molecule has 1 aliphatic rings. The first kappa shape index (κ1) is 22.2. The first-order chi connectivity index (χ1) is 16.6. The van der Waals surface area contributed by atoms with E-state index in [0.29, 0.717) is 5.13 Å². The standard InChI is InChI=1S/C25H26N6O2S/c1-15-7-4-5-10-19(15)31-23-17(22(30-31)16-11-12-20(26-2)27-13-16)8-6-9-18-24(23)34-25(28-18)29-21(32)14-33-3/h4-5,7,10-13H,6,8-9,14H2,1-3H3,(H,26,27)(H,28,29,32). The van der Waals surface area contributed by atoms with Crippen LogP contribution in [0.25, 0.3) is 27.5 Å². The number of pyridine rings is 1. The van der Waals surface area contributed by atoms with Gasteiger partial charge in [0.05, 0.1) is 27.6 Å². The van der Waals surface area contributed by atoms with Gasteiger partial charge in [-0.2, -0.15) is 5.10 Å². The number of anilines is 2. The van der Waals surface area contributed by atoms with Gasteiger partial charge in [-0.3, -0.25) is 10.1 Å². The maximum Gasteiger partial charge on any atom is 0.252 e. The summed E-state index contributed by atoms with van der Waals surface area (Å²) in [4.78, 5) is 22.4. The molecule has 5 rings (SSSR count). The van der Waals surface area contributed by atoms with Crippen molar-refractivity contribution < 1.29 is 9.53 Å². The molecule has 0 unspecified atom stereocenters. The van der Waals surface area contributed by atoms with E-state index >= 15 is 0 Å². The van der Waals surface area contributed by atoms with E-state index in [1.54, 1.807) is 0 Å². The van der Waals surface area contributed by atoms with Gasteiger partial charge in [-0.05, 0) is 49.9 Å². The summed E-state index contributed by atoms with van der Waals surface area (Å²) in [5.74, 6) is 0.602. The summed E-state index contributed by atoms with van der Waals surface area (Å²) in [5, 5.41) is 11.6. The Hall–Kier alpha value is -3.56. The fraction of sp³-hybridized carbons (Fsp3) is 0.280. The van der Waals surface area contributed by atoms with E-state index < -0.39 is 0 Å². The van der Waals surface area contributed by atoms with Crippen LogP contribution in [0.2, 0.25) is 0 Å². The second-order valence-corrected chi connectivity index (χ2v) is 9.18. The first-order valence-corrected chi connectivity index (χ1v) is 12.0. The second kappa shape index (κ2) is 9.36. The molecule has 1 aliphatic carbocycles. The lowest BCUT2D eigenvalue weighted by molar-refractivity contribution is -0.119. The summed E-state index contributed by atoms with van der Waals surface area (Å²) in [6.07, 6.45) is 4.54. The lowest BCUT2D eigenvalue weighted by Gasteiger charge is -2.10. The first-order valence-electron chi connectivity index (χ1n) is 11.2. The molecule has 1 amide bonds. The Balaban J connectivity index is 1.70. The molecule has 174 valence electrons. The van der Waals surface area contributed by atoms with E-state index in [9.17, 15) is 4.79 Å². The minimum absolute atomic E-state index is 0.00357. The van der Waals surface area contributed by atoms with Crippen molar-refractivity contribution in [3.63, 3.8) is 0 Å². The molecule has 3 aromatic heterocycles. The van der Waals surface area contributed by atoms with Crippen molar-refractivity contribution in [2.45, 2.75) is 26.2 Å². The van der Waals surface area contributed by atoms with Gasteiger partial charge in [-0.1, -0.05) is 29.5 Å². The normalized spacial score (nSPS) is 12.6. The zero-order chi connectivity index (χ0) is 23.7. The molecule has 0 saturated carbocycles. The minimum atomic E-state index is -0.213. The summed E-state index contributed by atoms with van der Waals surface area (Å²) in [5.41, 5.74) is 7.27. The molecular formula is C25H26N6O2S. The molecule has 4 aromatic rings. The molecule has 3 heterocycles. The van der Waals surface area contributed by atoms with Crippen LogP contribution in [0.5, 0.6) is 0 Å². The largest absolute Gasteiger partial charge is 0.375 e. The Morgan fingerprint density at radius 1 is 1.21 bits per heavy atom. The van der Waals surface area contributed by atoms with E-state index in [1.807, 2.05) is 36.1 Å². The van der Waals surface area contributed by atoms with Gasteiger partial charge in [0.1, 0.15) is 12.4 Å². The molecule has 9 heteroatoms. The molecule has 0 atom stereocenters. The number of aryl methyl sites for hydroxylation is 2. The monoisotopic (exact) mass is 474 g/mol. The fourth-order valence-electron chi connectivity index (χ4n) is 4.29. The third kappa shape index (κ3) is 4.08. The minimum Gasteiger partial charge on any atom is -0.375 e. The third-order valence-corrected chi connectivity index (χ3v) is 6.91. The molecule has 0 radical (unpaired) electrons. The molecule has 2 N–H and O–H groups in total. The van der Waals surface area contributed by atoms with E-state index in [2.05, 4.69) is 40.7 Å². The zero-order valence-corrected chi connectivity index (χ0v) is 20.2. The molecule has 1 aromatic carbocycles. The van der Waals surface area contributed by atoms with Crippen LogP contribution in [-0.2, 0) is 22.4 Å². The highest BCUT2D eigenvalue weighted by Crippen LogP contribution is 2.43. The average Bonchev–Trinajstić information content (AvgIpc) is 3.36. The van der Waals surface area contributed by atoms with Gasteiger partial charge in [0.25, 0.3) is 5.91 Å². The number of thiazole rings is 1. The van der Waals surface area contributed by atoms with Crippen molar-refractivity contribution in [3.05, 3.63) is 59.4 Å². The maximum absolute atomic E-state index is 12.1. The number of fused-ring (bicyclic) bond motifs is 3. The van der Waals surface area contributed by atoms with Crippen LogP contribution in [0.4, 0.5) is 10.9 Å². The lowest BCUT2D eigenvalue weighted by Crippen LogP contribution is -2.16. The molecule has 0 spiro atoms. The molecule has 0 fully saturated rings. The number of aromatic nitrogens is 4. The smallest absolute Gasteiger partial charge is 0.252 e. The summed E-state index contributed by atoms with van der Waals surface area (Å²) < 4.78 is 6.99. The highest BCUT2D eigenvalue weighted by molar-refractivity contribution is 7.19. The average molecular weight is 475 g/mol. The second-order valence-electron chi connectivity index (χ2n) is 8.19. The van der Waals surface area contributed by atoms with E-state index in [4.69, 9.17) is 14.8 Å². The number of nitrogens with one attached hydrogen (secondary N) is 2. The Morgan fingerprint density at radius 3 is 2.79 bits per heavy atom. The summed E-state index contributed by atoms with van der Waals surface area (Å²) in [7, 11) is 3.36. The Morgan fingerprint density at radius 2 is 2.06 bits per heavy atom. The quantitative estimate of drug-likeness (QED) is 0.428. The van der Waals surface area contributed by atoms with Crippen LogP contribution < -0.4 is 10.6 Å². The molecule has 34 heavy (non-hydrogen) atoms. The van der Waals surface area contributed by atoms with Gasteiger partial charge in [0, 0.05) is 31.5 Å². The molecule has 0 aliphatic heterocycles. The van der Waals surface area contributed by atoms with Crippen LogP contribution in [0, 0.1) is 6.92 Å². The van der Waals surface area contributed by atoms with E-state index in [-0.39, 0.29) is 12.5 Å². The predicted molar refractivity (Wildman–Crippen MR) is 135 cm³/mol. The SMILES string of the molecule is CNc1ccc(-c2nn(-c3ccccc3C)c3c2CCCc2nc(NC(=O)COC)sc2-3)cn1. The number of para-hydroxylation sites is 1. The molecule has 8 nitrogen and oxygen atoms in total. The summed E-state index contributed by atoms with van der Waals surface area (Å²) in [6.45, 7) is 2.09.